The van der Waals surface area contributed by atoms with Crippen molar-refractivity contribution in [3.05, 3.63) is 65.9 Å². The van der Waals surface area contributed by atoms with Gasteiger partial charge in [0.05, 0.1) is 19.8 Å². The van der Waals surface area contributed by atoms with E-state index in [1.165, 1.54) is 17.1 Å². The maximum absolute atomic E-state index is 12.8. The maximum atomic E-state index is 12.8. The van der Waals surface area contributed by atoms with Crippen LogP contribution >= 0.6 is 0 Å². The third-order valence-corrected chi connectivity index (χ3v) is 4.41. The first kappa shape index (κ1) is 20.2. The highest BCUT2D eigenvalue weighted by Gasteiger charge is 2.23. The van der Waals surface area contributed by atoms with Crippen molar-refractivity contribution in [2.75, 3.05) is 19.0 Å². The summed E-state index contributed by atoms with van der Waals surface area (Å²) in [6.07, 6.45) is 2.89. The Hall–Kier alpha value is -3.52. The summed E-state index contributed by atoms with van der Waals surface area (Å²) < 4.78 is 11.0. The number of rotatable bonds is 6. The van der Waals surface area contributed by atoms with E-state index in [2.05, 4.69) is 10.7 Å². The lowest BCUT2D eigenvalue weighted by atomic mass is 10.0. The van der Waals surface area contributed by atoms with Crippen LogP contribution in [-0.4, -0.2) is 30.7 Å². The van der Waals surface area contributed by atoms with Gasteiger partial charge in [0.1, 0.15) is 6.09 Å². The fourth-order valence-electron chi connectivity index (χ4n) is 3.03. The molecule has 0 aliphatic carbocycles. The monoisotopic (exact) mass is 396 g/mol. The first-order chi connectivity index (χ1) is 14.0. The molecule has 1 unspecified atom stereocenters. The van der Waals surface area contributed by atoms with Gasteiger partial charge in [0.25, 0.3) is 5.91 Å². The summed E-state index contributed by atoms with van der Waals surface area (Å²) in [5.41, 5.74) is 4.92. The Morgan fingerprint density at radius 3 is 2.62 bits per heavy atom. The number of amides is 2. The smallest absolute Gasteiger partial charge is 0.272 e. The van der Waals surface area contributed by atoms with Gasteiger partial charge in [-0.1, -0.05) is 12.1 Å². The van der Waals surface area contributed by atoms with Crippen molar-refractivity contribution in [3.63, 3.8) is 0 Å². The number of methoxy groups -OCH3 is 1. The molecule has 1 heterocycles. The summed E-state index contributed by atoms with van der Waals surface area (Å²) in [4.78, 5) is 23.4. The van der Waals surface area contributed by atoms with E-state index in [9.17, 15) is 14.7 Å². The van der Waals surface area contributed by atoms with Gasteiger partial charge in [-0.2, -0.15) is 0 Å². The van der Waals surface area contributed by atoms with E-state index in [0.717, 1.165) is 5.56 Å². The molecule has 8 heteroatoms. The van der Waals surface area contributed by atoms with Crippen molar-refractivity contribution >= 4 is 17.7 Å². The fourth-order valence-corrected chi connectivity index (χ4v) is 3.03. The van der Waals surface area contributed by atoms with Crippen LogP contribution in [0, 0.1) is 0 Å². The second-order valence-corrected chi connectivity index (χ2v) is 6.31. The zero-order valence-corrected chi connectivity index (χ0v) is 16.2. The number of carbonyl (C=O) groups excluding carboxylic acids is 2. The molecular formula is C21H22N3O5-. The summed E-state index contributed by atoms with van der Waals surface area (Å²) in [5, 5.41) is 14.1. The molecule has 0 fully saturated rings. The van der Waals surface area contributed by atoms with Gasteiger partial charge in [-0.25, -0.2) is 10.4 Å². The number of nitrogens with zero attached hydrogens (tertiary/aromatic N) is 1. The Kier molecular flexibility index (Phi) is 6.36. The molecule has 1 atom stereocenters. The lowest BCUT2D eigenvalue weighted by Crippen LogP contribution is -2.43. The van der Waals surface area contributed by atoms with E-state index >= 15 is 0 Å². The van der Waals surface area contributed by atoms with E-state index in [1.54, 1.807) is 25.4 Å². The molecular weight excluding hydrogens is 374 g/mol. The highest BCUT2D eigenvalue weighted by atomic mass is 16.5. The molecule has 152 valence electrons. The lowest BCUT2D eigenvalue weighted by molar-refractivity contribution is -0.242. The van der Waals surface area contributed by atoms with Crippen molar-refractivity contribution in [1.82, 2.24) is 10.4 Å². The molecule has 2 aromatic rings. The van der Waals surface area contributed by atoms with Crippen molar-refractivity contribution < 1.29 is 24.2 Å². The Morgan fingerprint density at radius 2 is 1.97 bits per heavy atom. The summed E-state index contributed by atoms with van der Waals surface area (Å²) in [5.74, 6) is 1.04. The van der Waals surface area contributed by atoms with Gasteiger partial charge >= 0.3 is 0 Å². The normalized spacial score (nSPS) is 15.7. The molecule has 8 nitrogen and oxygen atoms in total. The molecule has 1 aliphatic heterocycles. The highest BCUT2D eigenvalue weighted by Crippen LogP contribution is 2.32. The second-order valence-electron chi connectivity index (χ2n) is 6.31. The molecule has 2 N–H and O–H groups in total. The summed E-state index contributed by atoms with van der Waals surface area (Å²) in [7, 11) is 1.59. The van der Waals surface area contributed by atoms with Crippen LogP contribution in [-0.2, 0) is 0 Å². The predicted molar refractivity (Wildman–Crippen MR) is 105 cm³/mol. The third-order valence-electron chi connectivity index (χ3n) is 4.41. The number of carbonyl (C=O) groups is 2. The van der Waals surface area contributed by atoms with Crippen LogP contribution in [0.4, 0.5) is 10.5 Å². The van der Waals surface area contributed by atoms with Crippen molar-refractivity contribution in [3.8, 4) is 11.5 Å². The summed E-state index contributed by atoms with van der Waals surface area (Å²) in [6, 6.07) is 11.7. The number of anilines is 1. The Morgan fingerprint density at radius 1 is 1.21 bits per heavy atom. The lowest BCUT2D eigenvalue weighted by Gasteiger charge is -2.30. The highest BCUT2D eigenvalue weighted by molar-refractivity contribution is 5.95. The molecule has 3 rings (SSSR count). The van der Waals surface area contributed by atoms with Crippen LogP contribution in [0.25, 0.3) is 0 Å². The van der Waals surface area contributed by atoms with Gasteiger partial charge in [-0.15, -0.1) is 0 Å². The Bertz CT molecular complexity index is 911. The van der Waals surface area contributed by atoms with Crippen molar-refractivity contribution in [2.24, 2.45) is 0 Å². The van der Waals surface area contributed by atoms with Crippen LogP contribution in [0.2, 0.25) is 0 Å². The zero-order chi connectivity index (χ0) is 20.8. The zero-order valence-electron chi connectivity index (χ0n) is 16.2. The number of hydrazine groups is 1. The number of hydrogen-bond acceptors (Lipinski definition) is 6. The summed E-state index contributed by atoms with van der Waals surface area (Å²) >= 11 is 0. The van der Waals surface area contributed by atoms with E-state index in [0.29, 0.717) is 35.8 Å². The van der Waals surface area contributed by atoms with E-state index < -0.39 is 6.09 Å². The van der Waals surface area contributed by atoms with Crippen LogP contribution in [0.1, 0.15) is 35.3 Å². The minimum absolute atomic E-state index is 0.118. The average Bonchev–Trinajstić information content (AvgIpc) is 2.73. The average molecular weight is 396 g/mol. The Labute approximate surface area is 168 Å². The largest absolute Gasteiger partial charge is 0.530 e. The van der Waals surface area contributed by atoms with Gasteiger partial charge in [0.15, 0.2) is 11.5 Å². The van der Waals surface area contributed by atoms with Gasteiger partial charge in [0.2, 0.25) is 0 Å². The number of carboxylic acid groups (broad SMARTS) is 1. The van der Waals surface area contributed by atoms with E-state index in [-0.39, 0.29) is 11.9 Å². The van der Waals surface area contributed by atoms with Crippen LogP contribution < -0.4 is 25.3 Å². The van der Waals surface area contributed by atoms with Gasteiger partial charge < -0.3 is 24.7 Å². The number of ether oxygens (including phenoxy) is 2. The molecule has 29 heavy (non-hydrogen) atoms. The molecule has 2 amide bonds. The summed E-state index contributed by atoms with van der Waals surface area (Å²) in [6.45, 7) is 2.42. The van der Waals surface area contributed by atoms with Crippen LogP contribution in [0.15, 0.2) is 54.7 Å². The van der Waals surface area contributed by atoms with Gasteiger partial charge in [-0.05, 0) is 55.3 Å². The number of hydrogen-bond donors (Lipinski definition) is 2. The van der Waals surface area contributed by atoms with E-state index in [4.69, 9.17) is 9.47 Å². The van der Waals surface area contributed by atoms with Gasteiger partial charge in [-0.3, -0.25) is 4.79 Å². The quantitative estimate of drug-likeness (QED) is 0.778. The fraction of sp³-hybridized carbons (Fsp3) is 0.238. The molecule has 0 saturated heterocycles. The SMILES string of the molecule is CCOc1cc(C2CC=CN(C(=O)c3ccc(NC(=O)[O-])cc3)N2)ccc1OC. The second kappa shape index (κ2) is 9.11. The molecule has 0 spiro atoms. The van der Waals surface area contributed by atoms with E-state index in [1.807, 2.05) is 31.2 Å². The first-order valence-corrected chi connectivity index (χ1v) is 9.17. The minimum atomic E-state index is -1.40. The van der Waals surface area contributed by atoms with Crippen LogP contribution in [0.5, 0.6) is 11.5 Å². The van der Waals surface area contributed by atoms with Crippen molar-refractivity contribution in [2.45, 2.75) is 19.4 Å². The molecule has 1 aliphatic rings. The first-order valence-electron chi connectivity index (χ1n) is 9.17. The topological polar surface area (TPSA) is 103 Å². The Balaban J connectivity index is 1.74. The van der Waals surface area contributed by atoms with Crippen LogP contribution in [0.3, 0.4) is 0 Å². The third kappa shape index (κ3) is 4.85. The molecule has 0 aromatic heterocycles. The minimum Gasteiger partial charge on any atom is -0.530 e. The number of benzene rings is 2. The predicted octanol–water partition coefficient (Wildman–Crippen LogP) is 2.45. The molecule has 2 aromatic carbocycles. The molecule has 0 radical (unpaired) electrons. The van der Waals surface area contributed by atoms with Gasteiger partial charge in [0, 0.05) is 17.5 Å². The van der Waals surface area contributed by atoms with Crippen molar-refractivity contribution in [1.29, 1.82) is 0 Å². The standard InChI is InChI=1S/C21H23N3O5/c1-3-29-19-13-15(8-11-18(19)28-2)17-5-4-12-24(23-17)20(25)14-6-9-16(10-7-14)22-21(26)27/h4,6-13,17,22-23H,3,5H2,1-2H3,(H,26,27)/p-1. The molecule has 0 bridgehead atoms. The molecule has 0 saturated carbocycles. The number of nitrogens with one attached hydrogen (secondary N) is 2. The maximum Gasteiger partial charge on any atom is 0.272 e.